The Morgan fingerprint density at radius 2 is 1.80 bits per heavy atom. The van der Waals surface area contributed by atoms with Crippen molar-refractivity contribution in [3.63, 3.8) is 0 Å². The van der Waals surface area contributed by atoms with Gasteiger partial charge in [0, 0.05) is 26.2 Å². The molecular formula is C14H24N2O4. The van der Waals surface area contributed by atoms with Gasteiger partial charge in [-0.3, -0.25) is 4.79 Å². The molecule has 2 atom stereocenters. The summed E-state index contributed by atoms with van der Waals surface area (Å²) in [5.74, 6) is -0.567. The number of urea groups is 1. The zero-order valence-corrected chi connectivity index (χ0v) is 12.2. The van der Waals surface area contributed by atoms with Gasteiger partial charge in [0.15, 0.2) is 0 Å². The number of carboxylic acids is 1. The maximum absolute atomic E-state index is 12.4. The quantitative estimate of drug-likeness (QED) is 0.792. The lowest BCUT2D eigenvalue weighted by Crippen LogP contribution is -2.47. The minimum Gasteiger partial charge on any atom is -0.481 e. The molecular weight excluding hydrogens is 260 g/mol. The fourth-order valence-corrected chi connectivity index (χ4v) is 3.07. The highest BCUT2D eigenvalue weighted by Gasteiger charge is 2.43. The number of likely N-dealkylation sites (tertiary alicyclic amines) is 2. The number of hydrogen-bond acceptors (Lipinski definition) is 3. The Balaban J connectivity index is 1.89. The molecule has 0 aromatic heterocycles. The van der Waals surface area contributed by atoms with E-state index in [0.717, 1.165) is 12.8 Å². The molecule has 6 nitrogen and oxygen atoms in total. The molecule has 0 aromatic carbocycles. The summed E-state index contributed by atoms with van der Waals surface area (Å²) in [6.07, 6.45) is 1.81. The van der Waals surface area contributed by atoms with Crippen LogP contribution in [0.1, 0.15) is 33.1 Å². The molecule has 20 heavy (non-hydrogen) atoms. The molecule has 0 spiro atoms. The highest BCUT2D eigenvalue weighted by molar-refractivity contribution is 5.79. The van der Waals surface area contributed by atoms with Crippen LogP contribution in [0.4, 0.5) is 4.79 Å². The van der Waals surface area contributed by atoms with Gasteiger partial charge in [0.2, 0.25) is 0 Å². The van der Waals surface area contributed by atoms with Gasteiger partial charge < -0.3 is 20.0 Å². The molecule has 0 saturated carbocycles. The Labute approximate surface area is 119 Å². The Morgan fingerprint density at radius 3 is 2.25 bits per heavy atom. The van der Waals surface area contributed by atoms with Crippen molar-refractivity contribution in [1.29, 1.82) is 0 Å². The predicted octanol–water partition coefficient (Wildman–Crippen LogP) is 0.996. The van der Waals surface area contributed by atoms with Crippen molar-refractivity contribution in [1.82, 2.24) is 9.80 Å². The van der Waals surface area contributed by atoms with Crippen LogP contribution in [0.2, 0.25) is 0 Å². The van der Waals surface area contributed by atoms with Crippen molar-refractivity contribution in [2.75, 3.05) is 26.2 Å². The molecule has 2 N–H and O–H groups in total. The number of carbonyl (C=O) groups is 2. The first-order chi connectivity index (χ1) is 9.33. The van der Waals surface area contributed by atoms with Gasteiger partial charge in [-0.15, -0.1) is 0 Å². The number of amides is 2. The van der Waals surface area contributed by atoms with Crippen LogP contribution in [0.15, 0.2) is 0 Å². The van der Waals surface area contributed by atoms with E-state index >= 15 is 0 Å². The van der Waals surface area contributed by atoms with E-state index in [1.807, 2.05) is 0 Å². The molecule has 2 amide bonds. The summed E-state index contributed by atoms with van der Waals surface area (Å²) in [4.78, 5) is 27.0. The fraction of sp³-hybridized carbons (Fsp3) is 0.857. The van der Waals surface area contributed by atoms with E-state index in [0.29, 0.717) is 26.1 Å². The second-order valence-corrected chi connectivity index (χ2v) is 6.39. The van der Waals surface area contributed by atoms with Gasteiger partial charge in [0.05, 0.1) is 11.5 Å². The molecule has 2 saturated heterocycles. The van der Waals surface area contributed by atoms with Gasteiger partial charge in [-0.2, -0.15) is 0 Å². The molecule has 2 fully saturated rings. The van der Waals surface area contributed by atoms with Gasteiger partial charge in [0.25, 0.3) is 0 Å². The number of aliphatic hydroxyl groups excluding tert-OH is 1. The summed E-state index contributed by atoms with van der Waals surface area (Å²) >= 11 is 0. The number of hydrogen-bond donors (Lipinski definition) is 2. The van der Waals surface area contributed by atoms with E-state index in [1.54, 1.807) is 23.6 Å². The van der Waals surface area contributed by atoms with E-state index < -0.39 is 11.4 Å². The van der Waals surface area contributed by atoms with Crippen molar-refractivity contribution in [3.05, 3.63) is 0 Å². The van der Waals surface area contributed by atoms with E-state index in [2.05, 4.69) is 0 Å². The minimum atomic E-state index is -0.833. The van der Waals surface area contributed by atoms with Gasteiger partial charge in [-0.1, -0.05) is 0 Å². The van der Waals surface area contributed by atoms with E-state index in [-0.39, 0.29) is 24.6 Å². The average molecular weight is 284 g/mol. The first-order valence-electron chi connectivity index (χ1n) is 7.29. The minimum absolute atomic E-state index is 0.0565. The highest BCUT2D eigenvalue weighted by atomic mass is 16.4. The molecule has 114 valence electrons. The van der Waals surface area contributed by atoms with Crippen LogP contribution in [0.5, 0.6) is 0 Å². The van der Waals surface area contributed by atoms with E-state index in [4.69, 9.17) is 0 Å². The number of carboxylic acid groups (broad SMARTS) is 1. The Kier molecular flexibility index (Phi) is 4.22. The molecule has 6 heteroatoms. The van der Waals surface area contributed by atoms with Gasteiger partial charge in [-0.25, -0.2) is 4.79 Å². The smallest absolute Gasteiger partial charge is 0.320 e. The van der Waals surface area contributed by atoms with Crippen molar-refractivity contribution in [3.8, 4) is 0 Å². The molecule has 2 aliphatic rings. The number of aliphatic hydroxyl groups is 1. The number of aliphatic carboxylic acids is 1. The number of piperidine rings is 1. The summed E-state index contributed by atoms with van der Waals surface area (Å²) in [6.45, 7) is 5.59. The normalized spacial score (nSPS) is 29.6. The van der Waals surface area contributed by atoms with Crippen molar-refractivity contribution in [2.45, 2.75) is 39.2 Å². The van der Waals surface area contributed by atoms with Gasteiger partial charge >= 0.3 is 12.0 Å². The second-order valence-electron chi connectivity index (χ2n) is 6.39. The summed E-state index contributed by atoms with van der Waals surface area (Å²) in [6, 6.07) is -0.0565. The van der Waals surface area contributed by atoms with Crippen molar-refractivity contribution < 1.29 is 19.8 Å². The molecule has 0 radical (unpaired) electrons. The molecule has 0 aliphatic carbocycles. The van der Waals surface area contributed by atoms with Crippen LogP contribution in [0, 0.1) is 11.3 Å². The van der Waals surface area contributed by atoms with E-state index in [1.165, 1.54) is 0 Å². The zero-order valence-electron chi connectivity index (χ0n) is 12.2. The lowest BCUT2D eigenvalue weighted by atomic mass is 9.90. The third kappa shape index (κ3) is 2.90. The van der Waals surface area contributed by atoms with Crippen LogP contribution < -0.4 is 0 Å². The molecule has 0 aromatic rings. The maximum Gasteiger partial charge on any atom is 0.320 e. The molecule has 2 heterocycles. The summed E-state index contributed by atoms with van der Waals surface area (Å²) < 4.78 is 0. The SMILES string of the molecule is CC(O)C1CCN(C(=O)N2CCC(C)(C(=O)O)C2)CC1. The van der Waals surface area contributed by atoms with E-state index in [9.17, 15) is 19.8 Å². The predicted molar refractivity (Wildman–Crippen MR) is 73.3 cm³/mol. The molecule has 0 bridgehead atoms. The third-order valence-electron chi connectivity index (χ3n) is 4.75. The lowest BCUT2D eigenvalue weighted by Gasteiger charge is -2.35. The summed E-state index contributed by atoms with van der Waals surface area (Å²) in [5.41, 5.74) is -0.812. The fourth-order valence-electron chi connectivity index (χ4n) is 3.07. The van der Waals surface area contributed by atoms with Crippen molar-refractivity contribution >= 4 is 12.0 Å². The van der Waals surface area contributed by atoms with Gasteiger partial charge in [-0.05, 0) is 39.0 Å². The number of nitrogens with zero attached hydrogens (tertiary/aromatic N) is 2. The van der Waals surface area contributed by atoms with Crippen molar-refractivity contribution in [2.24, 2.45) is 11.3 Å². The second kappa shape index (κ2) is 5.60. The summed E-state index contributed by atoms with van der Waals surface area (Å²) in [5, 5.41) is 18.8. The number of carbonyl (C=O) groups excluding carboxylic acids is 1. The number of rotatable bonds is 2. The Hall–Kier alpha value is -1.30. The highest BCUT2D eigenvalue weighted by Crippen LogP contribution is 2.31. The lowest BCUT2D eigenvalue weighted by molar-refractivity contribution is -0.147. The molecule has 2 aliphatic heterocycles. The Morgan fingerprint density at radius 1 is 1.20 bits per heavy atom. The standard InChI is InChI=1S/C14H24N2O4/c1-10(17)11-3-6-15(7-4-11)13(20)16-8-5-14(2,9-16)12(18)19/h10-11,17H,3-9H2,1-2H3,(H,18,19). The largest absolute Gasteiger partial charge is 0.481 e. The van der Waals surface area contributed by atoms with Crippen LogP contribution >= 0.6 is 0 Å². The molecule has 2 unspecified atom stereocenters. The van der Waals surface area contributed by atoms with Crippen LogP contribution in [0.25, 0.3) is 0 Å². The Bertz CT molecular complexity index is 391. The monoisotopic (exact) mass is 284 g/mol. The third-order valence-corrected chi connectivity index (χ3v) is 4.75. The topological polar surface area (TPSA) is 81.1 Å². The average Bonchev–Trinajstić information content (AvgIpc) is 2.82. The zero-order chi connectivity index (χ0) is 14.9. The molecule has 2 rings (SSSR count). The van der Waals surface area contributed by atoms with Crippen LogP contribution in [-0.2, 0) is 4.79 Å². The first kappa shape index (κ1) is 15.1. The van der Waals surface area contributed by atoms with Crippen LogP contribution in [-0.4, -0.2) is 64.3 Å². The first-order valence-corrected chi connectivity index (χ1v) is 7.29. The van der Waals surface area contributed by atoms with Gasteiger partial charge in [0.1, 0.15) is 0 Å². The summed E-state index contributed by atoms with van der Waals surface area (Å²) in [7, 11) is 0. The maximum atomic E-state index is 12.4. The van der Waals surface area contributed by atoms with Crippen LogP contribution in [0.3, 0.4) is 0 Å².